The van der Waals surface area contributed by atoms with Crippen molar-refractivity contribution < 1.29 is 19.4 Å². The van der Waals surface area contributed by atoms with E-state index in [4.69, 9.17) is 9.78 Å². The zero-order valence-electron chi connectivity index (χ0n) is 11.9. The van der Waals surface area contributed by atoms with Gasteiger partial charge in [0.15, 0.2) is 11.5 Å². The summed E-state index contributed by atoms with van der Waals surface area (Å²) >= 11 is 0. The topological polar surface area (TPSA) is 76.7 Å². The molecule has 3 rings (SSSR count). The van der Waals surface area contributed by atoms with Crippen LogP contribution >= 0.6 is 0 Å². The minimum absolute atomic E-state index is 0.0230. The number of carbonyl (C=O) groups is 2. The maximum absolute atomic E-state index is 12.4. The lowest BCUT2D eigenvalue weighted by Gasteiger charge is -2.11. The molecule has 0 unspecified atom stereocenters. The van der Waals surface area contributed by atoms with E-state index < -0.39 is 0 Å². The lowest BCUT2D eigenvalue weighted by atomic mass is 10.0. The van der Waals surface area contributed by atoms with Crippen LogP contribution in [0.15, 0.2) is 12.1 Å². The molecule has 6 nitrogen and oxygen atoms in total. The molecule has 1 aromatic carbocycles. The molecule has 1 aromatic rings. The maximum Gasteiger partial charge on any atom is 0.221 e. The molecule has 1 fully saturated rings. The van der Waals surface area contributed by atoms with Crippen LogP contribution in [-0.2, 0) is 16.3 Å². The lowest BCUT2D eigenvalue weighted by molar-refractivity contribution is -0.194. The molecule has 1 aliphatic heterocycles. The third-order valence-electron chi connectivity index (χ3n) is 3.54. The highest BCUT2D eigenvalue weighted by Crippen LogP contribution is 2.32. The monoisotopic (exact) mass is 290 g/mol. The first kappa shape index (κ1) is 14.0. The molecular weight excluding hydrogens is 272 g/mol. The van der Waals surface area contributed by atoms with Crippen LogP contribution in [0.1, 0.15) is 42.1 Å². The number of nitrogens with one attached hydrogen (secondary N) is 2. The van der Waals surface area contributed by atoms with Gasteiger partial charge in [-0.25, -0.2) is 0 Å². The second-order valence-electron chi connectivity index (χ2n) is 5.43. The highest BCUT2D eigenvalue weighted by atomic mass is 17.2. The third kappa shape index (κ3) is 3.40. The van der Waals surface area contributed by atoms with Crippen molar-refractivity contribution in [3.05, 3.63) is 23.3 Å². The summed E-state index contributed by atoms with van der Waals surface area (Å²) in [4.78, 5) is 33.6. The zero-order valence-corrected chi connectivity index (χ0v) is 11.9. The molecule has 2 N–H and O–H groups in total. The molecule has 21 heavy (non-hydrogen) atoms. The number of anilines is 1. The lowest BCUT2D eigenvalue weighted by Crippen LogP contribution is -2.21. The van der Waals surface area contributed by atoms with E-state index in [1.165, 1.54) is 19.8 Å². The Labute approximate surface area is 122 Å². The highest BCUT2D eigenvalue weighted by Gasteiger charge is 2.23. The van der Waals surface area contributed by atoms with E-state index in [0.29, 0.717) is 42.6 Å². The Bertz CT molecular complexity index is 581. The SMILES string of the molecule is CC(=O)Nc1cc2c(cc1C(=O)CCNC1CC1)OOC2. The van der Waals surface area contributed by atoms with Crippen molar-refractivity contribution >= 4 is 17.4 Å². The molecule has 1 aliphatic carbocycles. The van der Waals surface area contributed by atoms with Gasteiger partial charge < -0.3 is 15.5 Å². The summed E-state index contributed by atoms with van der Waals surface area (Å²) in [6.07, 6.45) is 2.77. The van der Waals surface area contributed by atoms with E-state index in [0.717, 1.165) is 5.56 Å². The van der Waals surface area contributed by atoms with Gasteiger partial charge in [0.2, 0.25) is 5.91 Å². The summed E-state index contributed by atoms with van der Waals surface area (Å²) in [5, 5.41) is 6.01. The quantitative estimate of drug-likeness (QED) is 0.617. The largest absolute Gasteiger partial charge is 0.337 e. The average Bonchev–Trinajstić information content (AvgIpc) is 3.14. The second-order valence-corrected chi connectivity index (χ2v) is 5.43. The summed E-state index contributed by atoms with van der Waals surface area (Å²) in [6.45, 7) is 2.39. The van der Waals surface area contributed by atoms with Gasteiger partial charge in [0.05, 0.1) is 5.69 Å². The van der Waals surface area contributed by atoms with E-state index >= 15 is 0 Å². The van der Waals surface area contributed by atoms with E-state index in [9.17, 15) is 9.59 Å². The number of hydrogen-bond donors (Lipinski definition) is 2. The molecule has 2 aliphatic rings. The molecule has 1 heterocycles. The van der Waals surface area contributed by atoms with Crippen LogP contribution < -0.4 is 15.5 Å². The highest BCUT2D eigenvalue weighted by molar-refractivity contribution is 6.05. The molecule has 112 valence electrons. The van der Waals surface area contributed by atoms with Crippen LogP contribution in [0.3, 0.4) is 0 Å². The van der Waals surface area contributed by atoms with Gasteiger partial charge in [0.1, 0.15) is 6.61 Å². The van der Waals surface area contributed by atoms with Crippen molar-refractivity contribution in [3.8, 4) is 5.75 Å². The summed E-state index contributed by atoms with van der Waals surface area (Å²) in [5.41, 5.74) is 1.81. The molecular formula is C15H18N2O4. The van der Waals surface area contributed by atoms with E-state index in [-0.39, 0.29) is 11.7 Å². The fraction of sp³-hybridized carbons (Fsp3) is 0.467. The number of benzene rings is 1. The van der Waals surface area contributed by atoms with Crippen molar-refractivity contribution in [2.24, 2.45) is 0 Å². The first-order valence-corrected chi connectivity index (χ1v) is 7.14. The van der Waals surface area contributed by atoms with Gasteiger partial charge in [-0.05, 0) is 25.0 Å². The van der Waals surface area contributed by atoms with Crippen molar-refractivity contribution in [1.82, 2.24) is 5.32 Å². The minimum atomic E-state index is -0.208. The molecule has 0 saturated heterocycles. The van der Waals surface area contributed by atoms with Crippen LogP contribution in [-0.4, -0.2) is 24.3 Å². The smallest absolute Gasteiger partial charge is 0.221 e. The summed E-state index contributed by atoms with van der Waals surface area (Å²) in [5.74, 6) is 0.313. The molecule has 0 bridgehead atoms. The summed E-state index contributed by atoms with van der Waals surface area (Å²) in [7, 11) is 0. The Hall–Kier alpha value is -1.92. The number of hydrogen-bond acceptors (Lipinski definition) is 5. The molecule has 1 amide bonds. The van der Waals surface area contributed by atoms with Crippen molar-refractivity contribution in [2.45, 2.75) is 38.8 Å². The Kier molecular flexibility index (Phi) is 3.90. The first-order valence-electron chi connectivity index (χ1n) is 7.14. The molecule has 0 atom stereocenters. The van der Waals surface area contributed by atoms with Gasteiger partial charge in [0.25, 0.3) is 0 Å². The Morgan fingerprint density at radius 3 is 2.86 bits per heavy atom. The van der Waals surface area contributed by atoms with Gasteiger partial charge in [-0.15, -0.1) is 0 Å². The summed E-state index contributed by atoms with van der Waals surface area (Å²) in [6, 6.07) is 3.96. The molecule has 6 heteroatoms. The normalized spacial score (nSPS) is 16.2. The van der Waals surface area contributed by atoms with Gasteiger partial charge in [-0.2, -0.15) is 4.89 Å². The van der Waals surface area contributed by atoms with Gasteiger partial charge in [-0.1, -0.05) is 0 Å². The fourth-order valence-electron chi connectivity index (χ4n) is 2.31. The number of fused-ring (bicyclic) bond motifs is 1. The maximum atomic E-state index is 12.4. The fourth-order valence-corrected chi connectivity index (χ4v) is 2.31. The van der Waals surface area contributed by atoms with Crippen molar-refractivity contribution in [2.75, 3.05) is 11.9 Å². The van der Waals surface area contributed by atoms with Gasteiger partial charge in [-0.3, -0.25) is 9.59 Å². The Morgan fingerprint density at radius 2 is 2.14 bits per heavy atom. The number of Topliss-reactive ketones (excluding diaryl/α,β-unsaturated/α-hetero) is 1. The molecule has 1 saturated carbocycles. The first-order chi connectivity index (χ1) is 10.1. The van der Waals surface area contributed by atoms with Gasteiger partial charge >= 0.3 is 0 Å². The van der Waals surface area contributed by atoms with E-state index in [1.54, 1.807) is 12.1 Å². The number of carbonyl (C=O) groups excluding carboxylic acids is 2. The Balaban J connectivity index is 1.76. The molecule has 0 aromatic heterocycles. The van der Waals surface area contributed by atoms with Crippen molar-refractivity contribution in [1.29, 1.82) is 0 Å². The van der Waals surface area contributed by atoms with Crippen LogP contribution in [0.25, 0.3) is 0 Å². The van der Waals surface area contributed by atoms with Crippen LogP contribution in [0.2, 0.25) is 0 Å². The zero-order chi connectivity index (χ0) is 14.8. The van der Waals surface area contributed by atoms with E-state index in [1.807, 2.05) is 0 Å². The Morgan fingerprint density at radius 1 is 1.33 bits per heavy atom. The van der Waals surface area contributed by atoms with Crippen LogP contribution in [0.4, 0.5) is 5.69 Å². The summed E-state index contributed by atoms with van der Waals surface area (Å²) < 4.78 is 0. The predicted octanol–water partition coefficient (Wildman–Crippen LogP) is 1.79. The molecule has 0 radical (unpaired) electrons. The second kappa shape index (κ2) is 5.83. The number of amides is 1. The standard InChI is InChI=1S/C15H18N2O4/c1-9(18)17-13-6-10-8-20-21-15(10)7-12(13)14(19)4-5-16-11-2-3-11/h6-7,11,16H,2-5,8H2,1H3,(H,17,18). The van der Waals surface area contributed by atoms with Gasteiger partial charge in [0, 0.05) is 37.1 Å². The number of ketones is 1. The van der Waals surface area contributed by atoms with Crippen molar-refractivity contribution in [3.63, 3.8) is 0 Å². The minimum Gasteiger partial charge on any atom is -0.337 e. The van der Waals surface area contributed by atoms with E-state index in [2.05, 4.69) is 10.6 Å². The third-order valence-corrected chi connectivity index (χ3v) is 3.54. The molecule has 0 spiro atoms. The van der Waals surface area contributed by atoms with Crippen LogP contribution in [0, 0.1) is 0 Å². The number of rotatable bonds is 6. The van der Waals surface area contributed by atoms with Crippen LogP contribution in [0.5, 0.6) is 5.75 Å². The average molecular weight is 290 g/mol. The predicted molar refractivity (Wildman–Crippen MR) is 76.1 cm³/mol.